The summed E-state index contributed by atoms with van der Waals surface area (Å²) in [4.78, 5) is 19.3. The van der Waals surface area contributed by atoms with Crippen LogP contribution in [0.1, 0.15) is 30.1 Å². The lowest BCUT2D eigenvalue weighted by Gasteiger charge is -2.24. The van der Waals surface area contributed by atoms with Crippen LogP contribution in [0, 0.1) is 0 Å². The Hall–Kier alpha value is -1.92. The molecule has 0 spiro atoms. The molecule has 1 saturated heterocycles. The van der Waals surface area contributed by atoms with Crippen LogP contribution in [-0.4, -0.2) is 22.3 Å². The van der Waals surface area contributed by atoms with E-state index in [9.17, 15) is 4.79 Å². The molecule has 1 fully saturated rings. The quantitative estimate of drug-likeness (QED) is 0.706. The van der Waals surface area contributed by atoms with Crippen molar-refractivity contribution >= 4 is 28.6 Å². The first-order chi connectivity index (χ1) is 11.3. The zero-order valence-electron chi connectivity index (χ0n) is 12.5. The van der Waals surface area contributed by atoms with E-state index in [-0.39, 0.29) is 11.9 Å². The maximum Gasteiger partial charge on any atom is 0.229 e. The summed E-state index contributed by atoms with van der Waals surface area (Å²) in [5.41, 5.74) is 3.07. The number of amides is 1. The van der Waals surface area contributed by atoms with Gasteiger partial charge in [-0.05, 0) is 41.3 Å². The highest BCUT2D eigenvalue weighted by molar-refractivity contribution is 7.13. The van der Waals surface area contributed by atoms with Crippen LogP contribution in [-0.2, 0) is 11.2 Å². The number of hydrogen-bond donors (Lipinski definition) is 0. The number of aromatic nitrogens is 1. The zero-order valence-corrected chi connectivity index (χ0v) is 14.1. The van der Waals surface area contributed by atoms with Gasteiger partial charge in [0.05, 0.1) is 24.4 Å². The molecule has 0 aromatic carbocycles. The van der Waals surface area contributed by atoms with Crippen molar-refractivity contribution in [1.82, 2.24) is 9.88 Å². The van der Waals surface area contributed by atoms with Crippen LogP contribution in [0.3, 0.4) is 0 Å². The number of likely N-dealkylation sites (tertiary alicyclic amines) is 1. The molecular formula is C17H16N2O2S2. The number of thiophene rings is 1. The van der Waals surface area contributed by atoms with Crippen molar-refractivity contribution in [2.75, 3.05) is 6.54 Å². The summed E-state index contributed by atoms with van der Waals surface area (Å²) < 4.78 is 5.09. The molecule has 118 valence electrons. The molecule has 0 N–H and O–H groups in total. The maximum absolute atomic E-state index is 12.7. The van der Waals surface area contributed by atoms with Gasteiger partial charge in [-0.2, -0.15) is 11.3 Å². The van der Waals surface area contributed by atoms with Gasteiger partial charge in [-0.25, -0.2) is 4.98 Å². The Labute approximate surface area is 142 Å². The van der Waals surface area contributed by atoms with Crippen LogP contribution < -0.4 is 0 Å². The normalized spacial score (nSPS) is 17.7. The smallest absolute Gasteiger partial charge is 0.229 e. The molecule has 3 aromatic heterocycles. The van der Waals surface area contributed by atoms with Crippen molar-refractivity contribution in [3.63, 3.8) is 0 Å². The van der Waals surface area contributed by atoms with Crippen molar-refractivity contribution < 1.29 is 9.21 Å². The predicted molar refractivity (Wildman–Crippen MR) is 91.5 cm³/mol. The average molecular weight is 344 g/mol. The van der Waals surface area contributed by atoms with Gasteiger partial charge in [0.15, 0.2) is 0 Å². The highest BCUT2D eigenvalue weighted by Crippen LogP contribution is 2.33. The van der Waals surface area contributed by atoms with Crippen molar-refractivity contribution in [1.29, 1.82) is 0 Å². The fraction of sp³-hybridized carbons (Fsp3) is 0.294. The molecule has 0 aliphatic carbocycles. The number of rotatable bonds is 4. The van der Waals surface area contributed by atoms with Crippen LogP contribution in [0.2, 0.25) is 0 Å². The molecule has 23 heavy (non-hydrogen) atoms. The summed E-state index contributed by atoms with van der Waals surface area (Å²) in [6, 6.07) is 4.25. The van der Waals surface area contributed by atoms with Crippen LogP contribution in [0.5, 0.6) is 0 Å². The number of carbonyl (C=O) groups is 1. The lowest BCUT2D eigenvalue weighted by atomic mass is 10.1. The lowest BCUT2D eigenvalue weighted by Crippen LogP contribution is -2.31. The van der Waals surface area contributed by atoms with Crippen molar-refractivity contribution in [3.05, 3.63) is 52.1 Å². The van der Waals surface area contributed by atoms with Crippen molar-refractivity contribution in [2.45, 2.75) is 25.3 Å². The Morgan fingerprint density at radius 1 is 1.39 bits per heavy atom. The van der Waals surface area contributed by atoms with Crippen LogP contribution in [0.25, 0.3) is 10.6 Å². The van der Waals surface area contributed by atoms with Gasteiger partial charge in [0.1, 0.15) is 11.3 Å². The molecule has 4 rings (SSSR count). The summed E-state index contributed by atoms with van der Waals surface area (Å²) in [5.74, 6) is 0.169. The van der Waals surface area contributed by atoms with E-state index in [1.165, 1.54) is 5.56 Å². The van der Waals surface area contributed by atoms with Crippen molar-refractivity contribution in [2.24, 2.45) is 0 Å². The standard InChI is InChI=1S/C17H16N2O2S2/c20-16(19-5-1-2-15(19)13-4-7-22-10-13)8-14-11-23-17(18-14)12-3-6-21-9-12/h3-4,6-7,9-11,15H,1-2,5,8H2/t15-/m1/s1. The predicted octanol–water partition coefficient (Wildman–Crippen LogP) is 4.37. The summed E-state index contributed by atoms with van der Waals surface area (Å²) in [6.07, 6.45) is 5.81. The van der Waals surface area contributed by atoms with E-state index >= 15 is 0 Å². The lowest BCUT2D eigenvalue weighted by molar-refractivity contribution is -0.131. The van der Waals surface area contributed by atoms with Crippen molar-refractivity contribution in [3.8, 4) is 10.6 Å². The SMILES string of the molecule is O=C(Cc1csc(-c2ccoc2)n1)N1CCC[C@@H]1c1ccsc1. The third kappa shape index (κ3) is 2.96. The van der Waals surface area contributed by atoms with E-state index in [0.29, 0.717) is 6.42 Å². The third-order valence-corrected chi connectivity index (χ3v) is 5.79. The summed E-state index contributed by atoms with van der Waals surface area (Å²) >= 11 is 3.24. The topological polar surface area (TPSA) is 46.3 Å². The minimum absolute atomic E-state index is 0.169. The number of nitrogens with zero attached hydrogens (tertiary/aromatic N) is 2. The van der Waals surface area contributed by atoms with Gasteiger partial charge in [-0.1, -0.05) is 0 Å². The molecule has 4 heterocycles. The van der Waals surface area contributed by atoms with Crippen LogP contribution >= 0.6 is 22.7 Å². The zero-order chi connectivity index (χ0) is 15.6. The highest BCUT2D eigenvalue weighted by atomic mass is 32.1. The summed E-state index contributed by atoms with van der Waals surface area (Å²) in [5, 5.41) is 7.09. The third-order valence-electron chi connectivity index (χ3n) is 4.15. The van der Waals surface area contributed by atoms with E-state index < -0.39 is 0 Å². The van der Waals surface area contributed by atoms with E-state index in [1.54, 1.807) is 35.2 Å². The first-order valence-corrected chi connectivity index (χ1v) is 9.42. The molecular weight excluding hydrogens is 328 g/mol. The van der Waals surface area contributed by atoms with Gasteiger partial charge >= 0.3 is 0 Å². The molecule has 1 aliphatic heterocycles. The molecule has 6 heteroatoms. The molecule has 1 aliphatic rings. The number of furan rings is 1. The molecule has 1 atom stereocenters. The minimum atomic E-state index is 0.169. The Balaban J connectivity index is 1.47. The average Bonchev–Trinajstić information content (AvgIpc) is 3.30. The van der Waals surface area contributed by atoms with Gasteiger partial charge < -0.3 is 9.32 Å². The highest BCUT2D eigenvalue weighted by Gasteiger charge is 2.30. The van der Waals surface area contributed by atoms with E-state index in [1.807, 2.05) is 16.3 Å². The molecule has 0 bridgehead atoms. The minimum Gasteiger partial charge on any atom is -0.472 e. The van der Waals surface area contributed by atoms with Gasteiger partial charge in [0.25, 0.3) is 0 Å². The molecule has 0 unspecified atom stereocenters. The summed E-state index contributed by atoms with van der Waals surface area (Å²) in [7, 11) is 0. The van der Waals surface area contributed by atoms with Gasteiger partial charge in [-0.15, -0.1) is 11.3 Å². The fourth-order valence-corrected chi connectivity index (χ4v) is 4.55. The van der Waals surface area contributed by atoms with Gasteiger partial charge in [0, 0.05) is 17.5 Å². The monoisotopic (exact) mass is 344 g/mol. The number of thiazole rings is 1. The molecule has 0 radical (unpaired) electrons. The molecule has 4 nitrogen and oxygen atoms in total. The fourth-order valence-electron chi connectivity index (χ4n) is 3.04. The summed E-state index contributed by atoms with van der Waals surface area (Å²) in [6.45, 7) is 0.845. The Morgan fingerprint density at radius 2 is 2.35 bits per heavy atom. The second kappa shape index (κ2) is 6.29. The van der Waals surface area contributed by atoms with E-state index in [4.69, 9.17) is 4.42 Å². The van der Waals surface area contributed by atoms with E-state index in [2.05, 4.69) is 21.8 Å². The largest absolute Gasteiger partial charge is 0.472 e. The van der Waals surface area contributed by atoms with E-state index in [0.717, 1.165) is 35.7 Å². The Kier molecular flexibility index (Phi) is 4.01. The first kappa shape index (κ1) is 14.7. The number of carbonyl (C=O) groups excluding carboxylic acids is 1. The number of hydrogen-bond acceptors (Lipinski definition) is 5. The Morgan fingerprint density at radius 3 is 3.13 bits per heavy atom. The van der Waals surface area contributed by atoms with Gasteiger partial charge in [0.2, 0.25) is 5.91 Å². The molecule has 0 saturated carbocycles. The molecule has 3 aromatic rings. The van der Waals surface area contributed by atoms with Crippen LogP contribution in [0.15, 0.2) is 45.2 Å². The second-order valence-corrected chi connectivity index (χ2v) is 7.27. The maximum atomic E-state index is 12.7. The first-order valence-electron chi connectivity index (χ1n) is 7.60. The van der Waals surface area contributed by atoms with Gasteiger partial charge in [-0.3, -0.25) is 4.79 Å². The van der Waals surface area contributed by atoms with Crippen LogP contribution in [0.4, 0.5) is 0 Å². The second-order valence-electron chi connectivity index (χ2n) is 5.63. The Bertz CT molecular complexity index is 778. The molecule has 1 amide bonds.